The summed E-state index contributed by atoms with van der Waals surface area (Å²) >= 11 is 0. The summed E-state index contributed by atoms with van der Waals surface area (Å²) < 4.78 is 16.2. The molecule has 0 bridgehead atoms. The van der Waals surface area contributed by atoms with Crippen LogP contribution in [0.1, 0.15) is 81.1 Å². The summed E-state index contributed by atoms with van der Waals surface area (Å²) in [4.78, 5) is 26.4. The number of nitrogen functional groups attached to an aromatic ring is 1. The molecule has 1 aromatic rings. The zero-order valence-corrected chi connectivity index (χ0v) is 22.8. The molecule has 0 unspecified atom stereocenters. The molecule has 7 nitrogen and oxygen atoms in total. The highest BCUT2D eigenvalue weighted by molar-refractivity contribution is 5.63. The molecule has 1 heterocycles. The lowest BCUT2D eigenvalue weighted by Gasteiger charge is -2.28. The monoisotopic (exact) mass is 471 g/mol. The fourth-order valence-corrected chi connectivity index (χ4v) is 2.64. The van der Waals surface area contributed by atoms with Crippen LogP contribution in [0.25, 0.3) is 0 Å². The number of aromatic nitrogens is 2. The molecular weight excluding hydrogens is 421 g/mol. The van der Waals surface area contributed by atoms with Crippen molar-refractivity contribution >= 4 is 11.5 Å². The molecule has 0 spiro atoms. The van der Waals surface area contributed by atoms with Crippen molar-refractivity contribution in [2.45, 2.75) is 81.1 Å². The number of nitrogens with zero attached hydrogens (tertiary/aromatic N) is 3. The van der Waals surface area contributed by atoms with Gasteiger partial charge in [-0.2, -0.15) is 0 Å². The number of nitrogens with two attached hydrogens (primary N) is 1. The van der Waals surface area contributed by atoms with Crippen LogP contribution < -0.4 is 27.2 Å². The molecule has 1 aromatic heterocycles. The van der Waals surface area contributed by atoms with Crippen LogP contribution in [0.15, 0.2) is 33.6 Å². The van der Waals surface area contributed by atoms with Gasteiger partial charge in [-0.05, 0) is 38.8 Å². The van der Waals surface area contributed by atoms with Gasteiger partial charge >= 0.3 is 5.69 Å². The van der Waals surface area contributed by atoms with Crippen LogP contribution in [-0.4, -0.2) is 28.9 Å². The van der Waals surface area contributed by atoms with Crippen LogP contribution in [0.3, 0.4) is 0 Å². The molecule has 0 aliphatic heterocycles. The van der Waals surface area contributed by atoms with E-state index in [-0.39, 0.29) is 23.9 Å². The molecule has 0 radical (unpaired) electrons. The van der Waals surface area contributed by atoms with Gasteiger partial charge in [-0.3, -0.25) is 19.2 Å². The Labute approximate surface area is 201 Å². The molecule has 33 heavy (non-hydrogen) atoms. The summed E-state index contributed by atoms with van der Waals surface area (Å²) in [5.41, 5.74) is 5.92. The summed E-state index contributed by atoms with van der Waals surface area (Å²) in [5, 5.41) is 3.22. The Morgan fingerprint density at radius 3 is 2.00 bits per heavy atom. The van der Waals surface area contributed by atoms with Crippen molar-refractivity contribution in [3.8, 4) is 0 Å². The summed E-state index contributed by atoms with van der Waals surface area (Å²) in [5.74, 6) is -0.165. The van der Waals surface area contributed by atoms with Gasteiger partial charge in [-0.1, -0.05) is 60.5 Å². The van der Waals surface area contributed by atoms with Crippen molar-refractivity contribution in [3.05, 3.63) is 44.9 Å². The van der Waals surface area contributed by atoms with Crippen LogP contribution in [0.2, 0.25) is 0 Å². The van der Waals surface area contributed by atoms with Gasteiger partial charge in [0.1, 0.15) is 11.5 Å². The predicted molar refractivity (Wildman–Crippen MR) is 144 cm³/mol. The van der Waals surface area contributed by atoms with Gasteiger partial charge in [-0.25, -0.2) is 9.18 Å². The summed E-state index contributed by atoms with van der Waals surface area (Å²) in [6, 6.07) is 0. The first-order valence-electron chi connectivity index (χ1n) is 12.0. The zero-order valence-electron chi connectivity index (χ0n) is 22.8. The molecule has 0 aromatic carbocycles. The van der Waals surface area contributed by atoms with E-state index in [2.05, 4.69) is 25.7 Å². The first-order valence-corrected chi connectivity index (χ1v) is 12.0. The van der Waals surface area contributed by atoms with Crippen LogP contribution in [0, 0.1) is 0 Å². The molecule has 8 heteroatoms. The van der Waals surface area contributed by atoms with Gasteiger partial charge in [0, 0.05) is 20.6 Å². The molecule has 0 aliphatic rings. The topological polar surface area (TPSA) is 85.3 Å². The van der Waals surface area contributed by atoms with E-state index in [1.807, 2.05) is 34.6 Å². The van der Waals surface area contributed by atoms with Crippen molar-refractivity contribution in [1.82, 2.24) is 14.5 Å². The van der Waals surface area contributed by atoms with E-state index in [1.54, 1.807) is 11.0 Å². The maximum absolute atomic E-state index is 13.9. The number of hydrogen-bond donors (Lipinski definition) is 2. The SMILES string of the molecule is C=CC.CC.CCC.CCCNCN(C/C(CCC)=C(/C)F)c1c(N)n(C)c(=O)n(C)c1=O. The molecule has 0 amide bonds. The third-order valence-corrected chi connectivity index (χ3v) is 4.15. The second kappa shape index (κ2) is 21.5. The maximum Gasteiger partial charge on any atom is 0.332 e. The van der Waals surface area contributed by atoms with Gasteiger partial charge < -0.3 is 10.6 Å². The highest BCUT2D eigenvalue weighted by Crippen LogP contribution is 2.20. The van der Waals surface area contributed by atoms with E-state index in [1.165, 1.54) is 32.0 Å². The maximum atomic E-state index is 13.9. The Balaban J connectivity index is -0.000000987. The minimum absolute atomic E-state index is 0.0822. The summed E-state index contributed by atoms with van der Waals surface area (Å²) in [6.07, 6.45) is 5.32. The van der Waals surface area contributed by atoms with Crippen molar-refractivity contribution in [3.63, 3.8) is 0 Å². The largest absolute Gasteiger partial charge is 0.383 e. The van der Waals surface area contributed by atoms with E-state index in [0.29, 0.717) is 18.7 Å². The van der Waals surface area contributed by atoms with Crippen LogP contribution in [-0.2, 0) is 14.1 Å². The lowest BCUT2D eigenvalue weighted by molar-refractivity contribution is 0.592. The van der Waals surface area contributed by atoms with Crippen LogP contribution >= 0.6 is 0 Å². The van der Waals surface area contributed by atoms with Gasteiger partial charge in [0.2, 0.25) is 0 Å². The van der Waals surface area contributed by atoms with E-state index in [0.717, 1.165) is 24.0 Å². The van der Waals surface area contributed by atoms with Crippen molar-refractivity contribution < 1.29 is 4.39 Å². The highest BCUT2D eigenvalue weighted by Gasteiger charge is 2.21. The van der Waals surface area contributed by atoms with Crippen molar-refractivity contribution in [1.29, 1.82) is 0 Å². The first-order chi connectivity index (χ1) is 15.6. The molecule has 0 atom stereocenters. The average molecular weight is 472 g/mol. The number of rotatable bonds is 9. The molecule has 0 saturated heterocycles. The molecule has 0 aliphatic carbocycles. The molecule has 0 saturated carbocycles. The number of hydrogen-bond acceptors (Lipinski definition) is 5. The van der Waals surface area contributed by atoms with Crippen LogP contribution in [0.5, 0.6) is 0 Å². The summed E-state index contributed by atoms with van der Waals surface area (Å²) in [6.45, 7) is 20.3. The molecule has 0 fully saturated rings. The minimum atomic E-state index is -0.487. The molecule has 3 N–H and O–H groups in total. The average Bonchev–Trinajstić information content (AvgIpc) is 2.78. The molecular formula is C25H50FN5O2. The van der Waals surface area contributed by atoms with E-state index in [4.69, 9.17) is 5.73 Å². The van der Waals surface area contributed by atoms with Crippen molar-refractivity contribution in [2.75, 3.05) is 30.4 Å². The Bertz CT molecular complexity index is 793. The predicted octanol–water partition coefficient (Wildman–Crippen LogP) is 5.11. The van der Waals surface area contributed by atoms with Gasteiger partial charge in [0.25, 0.3) is 5.56 Å². The lowest BCUT2D eigenvalue weighted by atomic mass is 10.1. The minimum Gasteiger partial charge on any atom is -0.383 e. The molecule has 194 valence electrons. The van der Waals surface area contributed by atoms with Crippen molar-refractivity contribution in [2.24, 2.45) is 14.1 Å². The molecule has 1 rings (SSSR count). The lowest BCUT2D eigenvalue weighted by Crippen LogP contribution is -2.45. The third-order valence-electron chi connectivity index (χ3n) is 4.15. The number of allylic oxidation sites excluding steroid dienone is 2. The Hall–Kier alpha value is -2.35. The van der Waals surface area contributed by atoms with Gasteiger partial charge in [-0.15, -0.1) is 6.58 Å². The first kappa shape index (κ1) is 35.2. The Kier molecular flexibility index (Phi) is 23.0. The van der Waals surface area contributed by atoms with E-state index in [9.17, 15) is 14.0 Å². The quantitative estimate of drug-likeness (QED) is 0.297. The normalized spacial score (nSPS) is 10.4. The van der Waals surface area contributed by atoms with E-state index < -0.39 is 11.2 Å². The number of anilines is 2. The number of nitrogens with one attached hydrogen (secondary N) is 1. The highest BCUT2D eigenvalue weighted by atomic mass is 19.1. The number of halogens is 1. The standard InChI is InChI=1S/C17H30FN5O2.C3H8.C3H6.C2H6/c1-6-8-13(12(3)18)10-23(11-20-9-7-2)14-15(19)21(4)17(25)22(5)16(14)24;2*1-3-2;1-2/h20H,6-11,19H2,1-5H3;3H2,1-2H3;3H,1H2,2H3;1-2H3/b13-12-;;;. The zero-order chi connectivity index (χ0) is 26.6. The Morgan fingerprint density at radius 2 is 1.61 bits per heavy atom. The van der Waals surface area contributed by atoms with Crippen LogP contribution in [0.4, 0.5) is 15.9 Å². The fraction of sp³-hybridized carbons (Fsp3) is 0.680. The third kappa shape index (κ3) is 13.1. The smallest absolute Gasteiger partial charge is 0.332 e. The second-order valence-electron chi connectivity index (χ2n) is 7.30. The van der Waals surface area contributed by atoms with Gasteiger partial charge in [0.05, 0.1) is 12.5 Å². The summed E-state index contributed by atoms with van der Waals surface area (Å²) in [7, 11) is 2.93. The fourth-order valence-electron chi connectivity index (χ4n) is 2.64. The van der Waals surface area contributed by atoms with Gasteiger partial charge in [0.15, 0.2) is 0 Å². The van der Waals surface area contributed by atoms with E-state index >= 15 is 0 Å². The Morgan fingerprint density at radius 1 is 1.12 bits per heavy atom. The second-order valence-corrected chi connectivity index (χ2v) is 7.30.